The smallest absolute Gasteiger partial charge is 0.325 e. The number of halogens is 1. The molecule has 0 bridgehead atoms. The first-order valence-corrected chi connectivity index (χ1v) is 11.9. The summed E-state index contributed by atoms with van der Waals surface area (Å²) in [6.07, 6.45) is 3.10. The van der Waals surface area contributed by atoms with E-state index in [0.717, 1.165) is 46.3 Å². The summed E-state index contributed by atoms with van der Waals surface area (Å²) in [5.41, 5.74) is 3.72. The number of aromatic amines is 1. The molecule has 1 amide bonds. The molecule has 0 saturated heterocycles. The molecule has 0 unspecified atom stereocenters. The molecule has 0 atom stereocenters. The highest BCUT2D eigenvalue weighted by atomic mass is 35.5. The van der Waals surface area contributed by atoms with Crippen LogP contribution in [-0.4, -0.2) is 16.2 Å². The molecule has 156 valence electrons. The molecule has 4 rings (SSSR count). The zero-order valence-corrected chi connectivity index (χ0v) is 19.3. The topological polar surface area (TPSA) is 65.2 Å². The minimum Gasteiger partial charge on any atom is -0.325 e. The Labute approximate surface area is 188 Å². The Morgan fingerprint density at radius 2 is 2.20 bits per heavy atom. The Hall–Kier alpha value is -2.09. The number of hydrogen-bond acceptors (Lipinski definition) is 4. The van der Waals surface area contributed by atoms with E-state index in [4.69, 9.17) is 11.6 Å². The van der Waals surface area contributed by atoms with Crippen LogP contribution < -0.4 is 15.9 Å². The fourth-order valence-electron chi connectivity index (χ4n) is 3.73. The second kappa shape index (κ2) is 8.57. The number of anilines is 1. The first-order chi connectivity index (χ1) is 14.3. The highest BCUT2D eigenvalue weighted by Gasteiger charge is 2.27. The molecule has 30 heavy (non-hydrogen) atoms. The van der Waals surface area contributed by atoms with Crippen molar-refractivity contribution in [3.05, 3.63) is 61.7 Å². The predicted molar refractivity (Wildman–Crippen MR) is 125 cm³/mol. The van der Waals surface area contributed by atoms with E-state index in [0.29, 0.717) is 16.7 Å². The second-order valence-electron chi connectivity index (χ2n) is 7.64. The van der Waals surface area contributed by atoms with Gasteiger partial charge in [0, 0.05) is 15.6 Å². The lowest BCUT2D eigenvalue weighted by Crippen LogP contribution is -2.30. The third-order valence-corrected chi connectivity index (χ3v) is 7.52. The Kier molecular flexibility index (Phi) is 6.04. The molecule has 2 aromatic heterocycles. The van der Waals surface area contributed by atoms with Crippen LogP contribution in [0.3, 0.4) is 0 Å². The van der Waals surface area contributed by atoms with Gasteiger partial charge in [0.1, 0.15) is 11.9 Å². The van der Waals surface area contributed by atoms with Gasteiger partial charge in [-0.2, -0.15) is 4.57 Å². The van der Waals surface area contributed by atoms with Crippen LogP contribution in [0.1, 0.15) is 29.3 Å². The molecule has 5 nitrogen and oxygen atoms in total. The minimum absolute atomic E-state index is 0.00241. The number of amides is 1. The summed E-state index contributed by atoms with van der Waals surface area (Å²) in [5.74, 6) is 0.0482. The van der Waals surface area contributed by atoms with Crippen LogP contribution >= 0.6 is 34.7 Å². The molecule has 0 saturated carbocycles. The maximum Gasteiger partial charge on any atom is 0.347 e. The van der Waals surface area contributed by atoms with Gasteiger partial charge in [0.15, 0.2) is 4.83 Å². The number of H-pyrrole nitrogens is 1. The van der Waals surface area contributed by atoms with Crippen molar-refractivity contribution in [3.63, 3.8) is 0 Å². The molecule has 2 N–H and O–H groups in total. The van der Waals surface area contributed by atoms with Crippen LogP contribution in [0, 0.1) is 6.92 Å². The number of carbonyl (C=O) groups excluding carboxylic acids is 1. The van der Waals surface area contributed by atoms with Crippen LogP contribution in [0.15, 0.2) is 40.3 Å². The molecular weight excluding hydrogens is 438 g/mol. The number of allylic oxidation sites excluding steroid dienone is 1. The van der Waals surface area contributed by atoms with Gasteiger partial charge in [0.25, 0.3) is 0 Å². The fraction of sp³-hybridized carbons (Fsp3) is 0.318. The van der Waals surface area contributed by atoms with Crippen molar-refractivity contribution < 1.29 is 9.78 Å². The predicted octanol–water partition coefficient (Wildman–Crippen LogP) is 4.63. The van der Waals surface area contributed by atoms with Crippen LogP contribution in [0.4, 0.5) is 5.69 Å². The van der Waals surface area contributed by atoms with Crippen molar-refractivity contribution in [3.8, 4) is 0 Å². The third kappa shape index (κ3) is 4.19. The first-order valence-electron chi connectivity index (χ1n) is 9.77. The maximum atomic E-state index is 13.3. The Morgan fingerprint density at radius 1 is 1.40 bits per heavy atom. The molecule has 1 aromatic carbocycles. The summed E-state index contributed by atoms with van der Waals surface area (Å²) in [6.45, 7) is 8.20. The molecule has 0 spiro atoms. The van der Waals surface area contributed by atoms with E-state index < -0.39 is 0 Å². The van der Waals surface area contributed by atoms with E-state index in [1.807, 2.05) is 19.9 Å². The molecule has 1 aliphatic rings. The van der Waals surface area contributed by atoms with Crippen LogP contribution in [0.2, 0.25) is 5.02 Å². The van der Waals surface area contributed by atoms with Crippen LogP contribution in [0.5, 0.6) is 0 Å². The van der Waals surface area contributed by atoms with E-state index in [1.165, 1.54) is 22.2 Å². The number of benzene rings is 1. The molecule has 2 heterocycles. The molecule has 3 aromatic rings. The lowest BCUT2D eigenvalue weighted by Gasteiger charge is -2.09. The number of hydrogen-bond donors (Lipinski definition) is 1. The number of thiophene rings is 1. The van der Waals surface area contributed by atoms with E-state index in [9.17, 15) is 9.59 Å². The van der Waals surface area contributed by atoms with Crippen LogP contribution in [0.25, 0.3) is 10.2 Å². The average molecular weight is 461 g/mol. The third-order valence-electron chi connectivity index (χ3n) is 5.08. The zero-order chi connectivity index (χ0) is 21.4. The van der Waals surface area contributed by atoms with Gasteiger partial charge in [-0.1, -0.05) is 29.5 Å². The SMILES string of the molecule is C=C(C)Cn1c(SCC(=O)Nc2ccc(Cl)cc2C)[nH+]c2sc3c(c2c1=O)CCC3. The summed E-state index contributed by atoms with van der Waals surface area (Å²) in [6, 6.07) is 5.36. The van der Waals surface area contributed by atoms with E-state index >= 15 is 0 Å². The van der Waals surface area contributed by atoms with Crippen molar-refractivity contribution in [1.82, 2.24) is 4.57 Å². The van der Waals surface area contributed by atoms with Crippen molar-refractivity contribution in [2.24, 2.45) is 0 Å². The molecular formula is C22H23ClN3O2S2+. The van der Waals surface area contributed by atoms with Gasteiger partial charge in [0.05, 0.1) is 5.75 Å². The second-order valence-corrected chi connectivity index (χ2v) is 10.1. The number of nitrogens with zero attached hydrogens (tertiary/aromatic N) is 1. The van der Waals surface area contributed by atoms with Crippen LogP contribution in [-0.2, 0) is 24.2 Å². The first kappa shape index (κ1) is 21.2. The van der Waals surface area contributed by atoms with E-state index in [1.54, 1.807) is 28.0 Å². The van der Waals surface area contributed by atoms with Crippen molar-refractivity contribution in [1.29, 1.82) is 0 Å². The highest BCUT2D eigenvalue weighted by molar-refractivity contribution is 7.99. The number of fused-ring (bicyclic) bond motifs is 3. The average Bonchev–Trinajstić information content (AvgIpc) is 3.25. The fourth-order valence-corrected chi connectivity index (χ4v) is 6.11. The molecule has 1 aliphatic carbocycles. The van der Waals surface area contributed by atoms with Gasteiger partial charge in [-0.05, 0) is 79.8 Å². The molecule has 0 aliphatic heterocycles. The standard InChI is InChI=1S/C22H22ClN3O2S2/c1-12(2)10-26-21(28)19-15-5-4-6-17(15)30-20(19)25-22(26)29-11-18(27)24-16-8-7-14(23)9-13(16)3/h7-9H,1,4-6,10-11H2,2-3H3,(H,24,27)/p+1. The van der Waals surface area contributed by atoms with Gasteiger partial charge in [-0.25, -0.2) is 9.78 Å². The van der Waals surface area contributed by atoms with E-state index in [-0.39, 0.29) is 17.2 Å². The minimum atomic E-state index is -0.137. The van der Waals surface area contributed by atoms with Gasteiger partial charge in [-0.3, -0.25) is 4.79 Å². The Balaban J connectivity index is 1.60. The normalized spacial score (nSPS) is 12.9. The lowest BCUT2D eigenvalue weighted by atomic mass is 10.2. The zero-order valence-electron chi connectivity index (χ0n) is 16.9. The summed E-state index contributed by atoms with van der Waals surface area (Å²) < 4.78 is 1.71. The number of rotatable bonds is 6. The summed E-state index contributed by atoms with van der Waals surface area (Å²) >= 11 is 8.98. The monoisotopic (exact) mass is 460 g/mol. The quantitative estimate of drug-likeness (QED) is 0.331. The van der Waals surface area contributed by atoms with Crippen molar-refractivity contribution in [2.75, 3.05) is 11.1 Å². The van der Waals surface area contributed by atoms with Gasteiger partial charge in [0.2, 0.25) is 5.91 Å². The van der Waals surface area contributed by atoms with Gasteiger partial charge < -0.3 is 5.32 Å². The summed E-state index contributed by atoms with van der Waals surface area (Å²) in [4.78, 5) is 31.5. The molecule has 8 heteroatoms. The largest absolute Gasteiger partial charge is 0.347 e. The number of aromatic nitrogens is 2. The molecule has 0 radical (unpaired) electrons. The van der Waals surface area contributed by atoms with Crippen molar-refractivity contribution >= 4 is 56.5 Å². The molecule has 0 fully saturated rings. The summed E-state index contributed by atoms with van der Waals surface area (Å²) in [5, 5.41) is 5.03. The summed E-state index contributed by atoms with van der Waals surface area (Å²) in [7, 11) is 0. The number of aryl methyl sites for hydroxylation is 3. The van der Waals surface area contributed by atoms with Crippen molar-refractivity contribution in [2.45, 2.75) is 44.8 Å². The number of thioether (sulfide) groups is 1. The van der Waals surface area contributed by atoms with Gasteiger partial charge in [-0.15, -0.1) is 0 Å². The van der Waals surface area contributed by atoms with E-state index in [2.05, 4.69) is 16.9 Å². The highest BCUT2D eigenvalue weighted by Crippen LogP contribution is 2.34. The number of nitrogens with one attached hydrogen (secondary N) is 2. The van der Waals surface area contributed by atoms with Gasteiger partial charge >= 0.3 is 10.7 Å². The number of carbonyl (C=O) groups is 1. The maximum absolute atomic E-state index is 13.3. The lowest BCUT2D eigenvalue weighted by molar-refractivity contribution is -0.404. The Morgan fingerprint density at radius 3 is 2.93 bits per heavy atom. The Bertz CT molecular complexity index is 1230.